The van der Waals surface area contributed by atoms with Crippen molar-refractivity contribution in [2.45, 2.75) is 40.5 Å². The Kier molecular flexibility index (Phi) is 9.02. The Morgan fingerprint density at radius 3 is 2.23 bits per heavy atom. The highest BCUT2D eigenvalue weighted by Crippen LogP contribution is 2.31. The van der Waals surface area contributed by atoms with E-state index in [1.54, 1.807) is 0 Å². The van der Waals surface area contributed by atoms with Gasteiger partial charge in [0, 0.05) is 23.3 Å². The van der Waals surface area contributed by atoms with E-state index in [-0.39, 0.29) is 0 Å². The van der Waals surface area contributed by atoms with Gasteiger partial charge in [-0.2, -0.15) is 0 Å². The second-order valence-corrected chi connectivity index (χ2v) is 7.56. The molecule has 2 nitrogen and oxygen atoms in total. The zero-order valence-corrected chi connectivity index (χ0v) is 19.3. The Balaban J connectivity index is 2.32. The molecule has 31 heavy (non-hydrogen) atoms. The lowest BCUT2D eigenvalue weighted by Gasteiger charge is -2.16. The van der Waals surface area contributed by atoms with E-state index in [2.05, 4.69) is 62.1 Å². The van der Waals surface area contributed by atoms with Crippen molar-refractivity contribution in [3.8, 4) is 0 Å². The third-order valence-electron chi connectivity index (χ3n) is 5.12. The van der Waals surface area contributed by atoms with Gasteiger partial charge in [0.15, 0.2) is 0 Å². The number of nitrogens with one attached hydrogen (secondary N) is 1. The summed E-state index contributed by atoms with van der Waals surface area (Å²) in [5.74, 6) is 0. The van der Waals surface area contributed by atoms with Crippen LogP contribution in [0.15, 0.2) is 108 Å². The quantitative estimate of drug-likeness (QED) is 0.308. The van der Waals surface area contributed by atoms with Crippen LogP contribution < -0.4 is 5.32 Å². The fourth-order valence-corrected chi connectivity index (χ4v) is 3.11. The molecule has 0 amide bonds. The summed E-state index contributed by atoms with van der Waals surface area (Å²) in [4.78, 5) is 4.61. The van der Waals surface area contributed by atoms with Crippen molar-refractivity contribution in [1.29, 1.82) is 0 Å². The summed E-state index contributed by atoms with van der Waals surface area (Å²) in [6.07, 6.45) is 5.99. The van der Waals surface area contributed by atoms with Crippen molar-refractivity contribution in [2.24, 2.45) is 4.99 Å². The predicted octanol–water partition coefficient (Wildman–Crippen LogP) is 8.45. The Labute approximate surface area is 188 Å². The first-order valence-electron chi connectivity index (χ1n) is 10.8. The molecular weight excluding hydrogens is 376 g/mol. The first-order valence-corrected chi connectivity index (χ1v) is 10.8. The summed E-state index contributed by atoms with van der Waals surface area (Å²) in [6, 6.07) is 18.4. The van der Waals surface area contributed by atoms with E-state index in [4.69, 9.17) is 0 Å². The first-order chi connectivity index (χ1) is 14.9. The van der Waals surface area contributed by atoms with E-state index >= 15 is 0 Å². The summed E-state index contributed by atoms with van der Waals surface area (Å²) < 4.78 is 0. The molecule has 2 aromatic rings. The lowest BCUT2D eigenvalue weighted by Crippen LogP contribution is -1.99. The van der Waals surface area contributed by atoms with E-state index in [9.17, 15) is 0 Å². The highest BCUT2D eigenvalue weighted by atomic mass is 14.9. The number of hydrogen-bond donors (Lipinski definition) is 1. The molecule has 0 radical (unpaired) electrons. The van der Waals surface area contributed by atoms with Gasteiger partial charge in [0.25, 0.3) is 0 Å². The maximum Gasteiger partial charge on any atom is 0.0395 e. The third kappa shape index (κ3) is 6.82. The van der Waals surface area contributed by atoms with Crippen molar-refractivity contribution in [3.63, 3.8) is 0 Å². The molecule has 160 valence electrons. The molecule has 0 aromatic heterocycles. The summed E-state index contributed by atoms with van der Waals surface area (Å²) in [6.45, 7) is 20.8. The second kappa shape index (κ2) is 11.7. The minimum Gasteiger partial charge on any atom is -0.356 e. The summed E-state index contributed by atoms with van der Waals surface area (Å²) in [7, 11) is 0. The monoisotopic (exact) mass is 410 g/mol. The highest BCUT2D eigenvalue weighted by Gasteiger charge is 2.11. The van der Waals surface area contributed by atoms with Gasteiger partial charge in [-0.15, -0.1) is 0 Å². The molecule has 2 rings (SSSR count). The zero-order chi connectivity index (χ0) is 22.8. The molecule has 0 aliphatic heterocycles. The fourth-order valence-electron chi connectivity index (χ4n) is 3.11. The smallest absolute Gasteiger partial charge is 0.0395 e. The number of nitrogens with zero attached hydrogens (tertiary/aromatic N) is 1. The molecule has 0 heterocycles. The maximum atomic E-state index is 4.61. The maximum absolute atomic E-state index is 4.61. The number of aliphatic imine (C=N–C) groups is 1. The van der Waals surface area contributed by atoms with Gasteiger partial charge < -0.3 is 5.32 Å². The Morgan fingerprint density at radius 1 is 0.935 bits per heavy atom. The predicted molar refractivity (Wildman–Crippen MR) is 139 cm³/mol. The van der Waals surface area contributed by atoms with Gasteiger partial charge in [-0.25, -0.2) is 0 Å². The van der Waals surface area contributed by atoms with Gasteiger partial charge >= 0.3 is 0 Å². The van der Waals surface area contributed by atoms with Gasteiger partial charge in [-0.1, -0.05) is 82.1 Å². The lowest BCUT2D eigenvalue weighted by molar-refractivity contribution is 1.09. The minimum atomic E-state index is 0.867. The number of anilines is 1. The third-order valence-corrected chi connectivity index (χ3v) is 5.12. The lowest BCUT2D eigenvalue weighted by atomic mass is 9.91. The van der Waals surface area contributed by atoms with Crippen molar-refractivity contribution in [3.05, 3.63) is 114 Å². The molecule has 0 aliphatic rings. The summed E-state index contributed by atoms with van der Waals surface area (Å²) in [5.41, 5.74) is 9.22. The molecule has 0 atom stereocenters. The van der Waals surface area contributed by atoms with E-state index in [0.717, 1.165) is 57.8 Å². The average Bonchev–Trinajstić information content (AvgIpc) is 2.78. The topological polar surface area (TPSA) is 24.4 Å². The fraction of sp³-hybridized carbons (Fsp3) is 0.207. The molecular formula is C29H34N2. The van der Waals surface area contributed by atoms with E-state index in [1.807, 2.05) is 62.5 Å². The van der Waals surface area contributed by atoms with Crippen LogP contribution in [-0.4, -0.2) is 5.71 Å². The zero-order valence-electron chi connectivity index (χ0n) is 19.3. The Bertz CT molecular complexity index is 1030. The molecule has 0 saturated heterocycles. The number of hydrogen-bond acceptors (Lipinski definition) is 2. The van der Waals surface area contributed by atoms with Gasteiger partial charge in [0.2, 0.25) is 0 Å². The van der Waals surface area contributed by atoms with Crippen LogP contribution in [0.1, 0.15) is 51.7 Å². The van der Waals surface area contributed by atoms with Crippen LogP contribution in [0.25, 0.3) is 11.3 Å². The Morgan fingerprint density at radius 2 is 1.61 bits per heavy atom. The molecule has 0 bridgehead atoms. The van der Waals surface area contributed by atoms with Crippen molar-refractivity contribution < 1.29 is 0 Å². The summed E-state index contributed by atoms with van der Waals surface area (Å²) >= 11 is 0. The van der Waals surface area contributed by atoms with E-state index < -0.39 is 0 Å². The van der Waals surface area contributed by atoms with Crippen LogP contribution in [0.3, 0.4) is 0 Å². The molecule has 0 fully saturated rings. The SMILES string of the molecule is C=C(C)C(C)=N/C=C(CC)/C(=C/CC)C(=C)c1cccc(NC(=C)c2ccccc2)c1. The molecule has 1 N–H and O–H groups in total. The second-order valence-electron chi connectivity index (χ2n) is 7.56. The summed E-state index contributed by atoms with van der Waals surface area (Å²) in [5, 5.41) is 3.42. The molecule has 2 aromatic carbocycles. The van der Waals surface area contributed by atoms with Crippen molar-refractivity contribution in [1.82, 2.24) is 0 Å². The van der Waals surface area contributed by atoms with Gasteiger partial charge in [0.05, 0.1) is 0 Å². The van der Waals surface area contributed by atoms with Gasteiger partial charge in [-0.05, 0) is 72.2 Å². The van der Waals surface area contributed by atoms with Crippen molar-refractivity contribution >= 4 is 22.7 Å². The van der Waals surface area contributed by atoms with E-state index in [1.165, 1.54) is 5.57 Å². The normalized spacial score (nSPS) is 12.5. The van der Waals surface area contributed by atoms with Crippen LogP contribution in [-0.2, 0) is 0 Å². The van der Waals surface area contributed by atoms with Crippen LogP contribution in [0.4, 0.5) is 5.69 Å². The van der Waals surface area contributed by atoms with E-state index in [0.29, 0.717) is 0 Å². The molecule has 0 aliphatic carbocycles. The van der Waals surface area contributed by atoms with Crippen LogP contribution in [0.5, 0.6) is 0 Å². The standard InChI is InChI=1S/C29H34N2/c1-8-14-29(25(9-2)20-30-23(6)21(3)4)22(5)27-17-13-18-28(19-27)31-24(7)26-15-11-10-12-16-26/h10-20,31H,3,5,7-9H2,1-2,4,6H3/b25-20+,29-14+,30-23?. The van der Waals surface area contributed by atoms with Crippen LogP contribution >= 0.6 is 0 Å². The minimum absolute atomic E-state index is 0.867. The van der Waals surface area contributed by atoms with Crippen LogP contribution in [0.2, 0.25) is 0 Å². The molecule has 0 spiro atoms. The highest BCUT2D eigenvalue weighted by molar-refractivity contribution is 5.97. The number of benzene rings is 2. The number of allylic oxidation sites excluding steroid dienone is 5. The first kappa shape index (κ1) is 23.9. The van der Waals surface area contributed by atoms with Gasteiger partial charge in [0.1, 0.15) is 0 Å². The number of rotatable bonds is 10. The molecule has 0 unspecified atom stereocenters. The van der Waals surface area contributed by atoms with Crippen molar-refractivity contribution in [2.75, 3.05) is 5.32 Å². The van der Waals surface area contributed by atoms with Crippen LogP contribution in [0, 0.1) is 0 Å². The Hall–Kier alpha value is -3.39. The average molecular weight is 411 g/mol. The molecule has 0 saturated carbocycles. The van der Waals surface area contributed by atoms with Gasteiger partial charge in [-0.3, -0.25) is 4.99 Å². The largest absolute Gasteiger partial charge is 0.356 e. The molecule has 2 heteroatoms.